The maximum Gasteiger partial charge on any atom is 0.230 e. The summed E-state index contributed by atoms with van der Waals surface area (Å²) in [7, 11) is 1.65. The molecule has 202 valence electrons. The minimum Gasteiger partial charge on any atom is -0.497 e. The van der Waals surface area contributed by atoms with Crippen molar-refractivity contribution in [2.75, 3.05) is 7.11 Å². The monoisotopic (exact) mass is 543 g/mol. The van der Waals surface area contributed by atoms with Crippen molar-refractivity contribution in [2.45, 2.75) is 19.4 Å². The maximum absolute atomic E-state index is 6.47. The Hall–Kier alpha value is -5.51. The van der Waals surface area contributed by atoms with Crippen LogP contribution in [-0.2, 0) is 11.4 Å². The molecule has 7 rings (SSSR count). The molecule has 0 N–H and O–H groups in total. The van der Waals surface area contributed by atoms with Gasteiger partial charge in [0.2, 0.25) is 11.8 Å². The van der Waals surface area contributed by atoms with Gasteiger partial charge in [0.05, 0.1) is 41.8 Å². The summed E-state index contributed by atoms with van der Waals surface area (Å²) in [6.45, 7) is 2.09. The molecule has 1 aliphatic heterocycles. The van der Waals surface area contributed by atoms with Crippen LogP contribution in [0.15, 0.2) is 96.4 Å². The Bertz CT molecular complexity index is 1860. The molecule has 0 fully saturated rings. The number of methoxy groups -OCH3 is 1. The van der Waals surface area contributed by atoms with E-state index in [0.29, 0.717) is 23.2 Å². The first-order valence-corrected chi connectivity index (χ1v) is 13.1. The van der Waals surface area contributed by atoms with E-state index in [-0.39, 0.29) is 12.5 Å². The van der Waals surface area contributed by atoms with Crippen LogP contribution in [0, 0.1) is 6.92 Å². The van der Waals surface area contributed by atoms with E-state index < -0.39 is 0 Å². The summed E-state index contributed by atoms with van der Waals surface area (Å²) < 4.78 is 15.4. The molecule has 10 heteroatoms. The average Bonchev–Trinajstić information content (AvgIpc) is 3.60. The quantitative estimate of drug-likeness (QED) is 0.194. The summed E-state index contributed by atoms with van der Waals surface area (Å²) >= 11 is 0. The van der Waals surface area contributed by atoms with Gasteiger partial charge < -0.3 is 14.3 Å². The Labute approximate surface area is 235 Å². The molecule has 0 aliphatic carbocycles. The zero-order valence-corrected chi connectivity index (χ0v) is 22.4. The summed E-state index contributed by atoms with van der Waals surface area (Å²) in [4.78, 5) is 15.0. The van der Waals surface area contributed by atoms with Gasteiger partial charge in [-0.25, -0.2) is 19.2 Å². The number of benzene rings is 3. The van der Waals surface area contributed by atoms with Crippen LogP contribution in [0.1, 0.15) is 39.7 Å². The Kier molecular flexibility index (Phi) is 6.12. The van der Waals surface area contributed by atoms with Crippen molar-refractivity contribution in [3.05, 3.63) is 125 Å². The molecule has 3 aromatic heterocycles. The van der Waals surface area contributed by atoms with Crippen LogP contribution >= 0.6 is 0 Å². The molecule has 0 saturated carbocycles. The fourth-order valence-corrected chi connectivity index (χ4v) is 5.09. The second-order valence-electron chi connectivity index (χ2n) is 9.54. The number of rotatable bonds is 7. The normalized spacial score (nSPS) is 14.0. The molecule has 0 bridgehead atoms. The lowest BCUT2D eigenvalue weighted by molar-refractivity contribution is 0.126. The first kappa shape index (κ1) is 24.5. The van der Waals surface area contributed by atoms with Gasteiger partial charge in [0, 0.05) is 0 Å². The van der Waals surface area contributed by atoms with Crippen LogP contribution in [0.2, 0.25) is 0 Å². The minimum atomic E-state index is -0.262. The first-order chi connectivity index (χ1) is 20.2. The van der Waals surface area contributed by atoms with Gasteiger partial charge in [0.15, 0.2) is 18.1 Å². The van der Waals surface area contributed by atoms with E-state index in [1.54, 1.807) is 24.2 Å². The maximum atomic E-state index is 6.47. The van der Waals surface area contributed by atoms with Gasteiger partial charge in [-0.05, 0) is 42.3 Å². The number of oxime groups is 1. The van der Waals surface area contributed by atoms with E-state index in [1.165, 1.54) is 0 Å². The van der Waals surface area contributed by atoms with E-state index in [1.807, 2.05) is 96.5 Å². The zero-order valence-electron chi connectivity index (χ0n) is 22.4. The number of aromatic nitrogens is 6. The molecule has 6 aromatic rings. The Morgan fingerprint density at radius 2 is 1.68 bits per heavy atom. The van der Waals surface area contributed by atoms with Gasteiger partial charge in [0.25, 0.3) is 0 Å². The largest absolute Gasteiger partial charge is 0.497 e. The molecule has 0 amide bonds. The smallest absolute Gasteiger partial charge is 0.230 e. The van der Waals surface area contributed by atoms with Crippen molar-refractivity contribution in [1.82, 2.24) is 29.4 Å². The third-order valence-corrected chi connectivity index (χ3v) is 6.98. The molecular formula is C31H25N7O3. The SMILES string of the molecule is COc1ccc([C@@H]2c3c(C)nn(-c4ccccc4)c3Oc3ncn4nc(CO/N=C\c5ccccc5)nc4c32)cc1. The van der Waals surface area contributed by atoms with Crippen LogP contribution in [0.3, 0.4) is 0 Å². The van der Waals surface area contributed by atoms with Gasteiger partial charge in [-0.15, -0.1) is 5.10 Å². The summed E-state index contributed by atoms with van der Waals surface area (Å²) in [5.41, 5.74) is 6.07. The highest BCUT2D eigenvalue weighted by Gasteiger charge is 2.38. The number of fused-ring (bicyclic) bond motifs is 4. The molecule has 1 aliphatic rings. The lowest BCUT2D eigenvalue weighted by Gasteiger charge is -2.26. The zero-order chi connectivity index (χ0) is 27.8. The van der Waals surface area contributed by atoms with E-state index in [0.717, 1.165) is 39.4 Å². The van der Waals surface area contributed by atoms with E-state index in [9.17, 15) is 0 Å². The second kappa shape index (κ2) is 10.2. The third kappa shape index (κ3) is 4.45. The van der Waals surface area contributed by atoms with Gasteiger partial charge in [-0.1, -0.05) is 65.8 Å². The predicted octanol–water partition coefficient (Wildman–Crippen LogP) is 5.46. The van der Waals surface area contributed by atoms with Gasteiger partial charge in [-0.2, -0.15) is 5.10 Å². The van der Waals surface area contributed by atoms with Crippen LogP contribution in [0.5, 0.6) is 17.5 Å². The predicted molar refractivity (Wildman–Crippen MR) is 152 cm³/mol. The van der Waals surface area contributed by atoms with Gasteiger partial charge in [-0.3, -0.25) is 0 Å². The van der Waals surface area contributed by atoms with Crippen molar-refractivity contribution in [2.24, 2.45) is 5.16 Å². The molecule has 0 unspecified atom stereocenters. The number of nitrogens with zero attached hydrogens (tertiary/aromatic N) is 7. The summed E-state index contributed by atoms with van der Waals surface area (Å²) in [5.74, 6) is 2.05. The van der Waals surface area contributed by atoms with Crippen LogP contribution in [-0.4, -0.2) is 42.7 Å². The summed E-state index contributed by atoms with van der Waals surface area (Å²) in [5, 5.41) is 13.5. The minimum absolute atomic E-state index is 0.101. The highest BCUT2D eigenvalue weighted by molar-refractivity contribution is 5.78. The number of hydrogen-bond acceptors (Lipinski definition) is 8. The molecule has 0 spiro atoms. The molecule has 1 atom stereocenters. The molecular weight excluding hydrogens is 518 g/mol. The van der Waals surface area contributed by atoms with E-state index >= 15 is 0 Å². The number of para-hydroxylation sites is 1. The number of ether oxygens (including phenoxy) is 2. The lowest BCUT2D eigenvalue weighted by atomic mass is 9.84. The summed E-state index contributed by atoms with van der Waals surface area (Å²) in [6, 6.07) is 27.6. The van der Waals surface area contributed by atoms with Crippen LogP contribution in [0.25, 0.3) is 11.3 Å². The van der Waals surface area contributed by atoms with E-state index in [2.05, 4.69) is 15.2 Å². The van der Waals surface area contributed by atoms with Crippen molar-refractivity contribution >= 4 is 11.9 Å². The van der Waals surface area contributed by atoms with Crippen molar-refractivity contribution < 1.29 is 14.3 Å². The van der Waals surface area contributed by atoms with Crippen LogP contribution < -0.4 is 9.47 Å². The number of aryl methyl sites for hydroxylation is 1. The highest BCUT2D eigenvalue weighted by Crippen LogP contribution is 2.49. The Morgan fingerprint density at radius 3 is 2.44 bits per heavy atom. The van der Waals surface area contributed by atoms with Gasteiger partial charge in [0.1, 0.15) is 12.1 Å². The topological polar surface area (TPSA) is 101 Å². The van der Waals surface area contributed by atoms with Crippen LogP contribution in [0.4, 0.5) is 0 Å². The molecule has 0 radical (unpaired) electrons. The molecule has 0 saturated heterocycles. The molecule has 10 nitrogen and oxygen atoms in total. The molecule has 41 heavy (non-hydrogen) atoms. The van der Waals surface area contributed by atoms with E-state index in [4.69, 9.17) is 24.4 Å². The molecule has 4 heterocycles. The summed E-state index contributed by atoms with van der Waals surface area (Å²) in [6.07, 6.45) is 3.26. The fraction of sp³-hybridized carbons (Fsp3) is 0.129. The molecule has 3 aromatic carbocycles. The lowest BCUT2D eigenvalue weighted by Crippen LogP contribution is -2.16. The second-order valence-corrected chi connectivity index (χ2v) is 9.54. The first-order valence-electron chi connectivity index (χ1n) is 13.1. The van der Waals surface area contributed by atoms with Crippen molar-refractivity contribution in [3.63, 3.8) is 0 Å². The standard InChI is InChI=1S/C31H25N7O3/c1-20-26-27(22-13-15-24(39-2)16-14-22)28-29-34-25(18-40-33-17-21-9-5-3-6-10-21)36-37(29)19-32-30(28)41-31(26)38(35-20)23-11-7-4-8-12-23/h3-17,19,27H,18H2,1-2H3/b33-17-/t27-/m1/s1. The Morgan fingerprint density at radius 1 is 0.927 bits per heavy atom. The third-order valence-electron chi connectivity index (χ3n) is 6.98. The van der Waals surface area contributed by atoms with Gasteiger partial charge >= 0.3 is 0 Å². The highest BCUT2D eigenvalue weighted by atomic mass is 16.6. The Balaban J connectivity index is 1.31. The fourth-order valence-electron chi connectivity index (χ4n) is 5.09. The van der Waals surface area contributed by atoms with Crippen molar-refractivity contribution in [3.8, 4) is 23.2 Å². The average molecular weight is 544 g/mol. The van der Waals surface area contributed by atoms with Crippen molar-refractivity contribution in [1.29, 1.82) is 0 Å². The number of hydrogen-bond donors (Lipinski definition) is 0.